The second-order valence-corrected chi connectivity index (χ2v) is 8.92. The summed E-state index contributed by atoms with van der Waals surface area (Å²) in [7, 11) is 2.84. The number of benzene rings is 2. The summed E-state index contributed by atoms with van der Waals surface area (Å²) < 4.78 is 16.7. The molecular formula is C22H26BN3O5W. The zero-order valence-corrected chi connectivity index (χ0v) is 21.0. The minimum absolute atomic E-state index is 0.0126. The number of fused-ring (bicyclic) bond motifs is 1. The molecular weight excluding hydrogens is 581 g/mol. The van der Waals surface area contributed by atoms with Crippen LogP contribution in [0.4, 0.5) is 16.2 Å². The van der Waals surface area contributed by atoms with Crippen molar-refractivity contribution in [1.82, 2.24) is 5.32 Å². The minimum atomic E-state index is -0.532. The van der Waals surface area contributed by atoms with Crippen LogP contribution in [0.25, 0.3) is 0 Å². The van der Waals surface area contributed by atoms with Crippen LogP contribution in [-0.4, -0.2) is 44.0 Å². The molecule has 0 atom stereocenters. The number of ether oxygens (including phenoxy) is 1. The maximum atomic E-state index is 12.2. The van der Waals surface area contributed by atoms with E-state index >= 15 is 0 Å². The number of rotatable bonds is 10. The van der Waals surface area contributed by atoms with Crippen LogP contribution >= 0.6 is 0 Å². The molecule has 0 saturated heterocycles. The van der Waals surface area contributed by atoms with Gasteiger partial charge in [0.25, 0.3) is 0 Å². The van der Waals surface area contributed by atoms with Crippen LogP contribution in [-0.2, 0) is 51.2 Å². The molecule has 0 unspecified atom stereocenters. The fourth-order valence-corrected chi connectivity index (χ4v) is 4.03. The van der Waals surface area contributed by atoms with Crippen LogP contribution in [0.3, 0.4) is 0 Å². The van der Waals surface area contributed by atoms with Gasteiger partial charge >= 0.3 is 199 Å². The van der Waals surface area contributed by atoms with Gasteiger partial charge < -0.3 is 0 Å². The van der Waals surface area contributed by atoms with Crippen molar-refractivity contribution in [1.29, 1.82) is 0 Å². The third-order valence-electron chi connectivity index (χ3n) is 4.94. The van der Waals surface area contributed by atoms with Gasteiger partial charge in [0.2, 0.25) is 0 Å². The molecule has 3 N–H and O–H groups in total. The van der Waals surface area contributed by atoms with Gasteiger partial charge in [0.15, 0.2) is 0 Å². The van der Waals surface area contributed by atoms with Gasteiger partial charge in [-0.15, -0.1) is 0 Å². The number of carbonyl (C=O) groups excluding carboxylic acids is 2. The summed E-state index contributed by atoms with van der Waals surface area (Å²) in [4.78, 5) is 23.7. The topological polar surface area (TPSA) is 97.9 Å². The Labute approximate surface area is 198 Å². The molecule has 0 aromatic heterocycles. The summed E-state index contributed by atoms with van der Waals surface area (Å²) in [5, 5.41) is 8.90. The van der Waals surface area contributed by atoms with Crippen molar-refractivity contribution in [3.8, 4) is 0 Å². The fraction of sp³-hybridized carbons (Fsp3) is 0.318. The van der Waals surface area contributed by atoms with E-state index in [1.54, 1.807) is 20.3 Å². The van der Waals surface area contributed by atoms with Crippen LogP contribution in [0, 0.1) is 0 Å². The maximum absolute atomic E-state index is 12.2. The summed E-state index contributed by atoms with van der Waals surface area (Å²) in [5.41, 5.74) is 4.46. The van der Waals surface area contributed by atoms with Gasteiger partial charge in [-0.05, 0) is 0 Å². The van der Waals surface area contributed by atoms with Crippen LogP contribution < -0.4 is 21.4 Å². The van der Waals surface area contributed by atoms with Gasteiger partial charge in [0.05, 0.1) is 0 Å². The van der Waals surface area contributed by atoms with E-state index in [1.807, 2.05) is 36.4 Å². The Hall–Kier alpha value is -2.32. The molecule has 1 aliphatic heterocycles. The average molecular weight is 607 g/mol. The Morgan fingerprint density at radius 2 is 1.97 bits per heavy atom. The van der Waals surface area contributed by atoms with Gasteiger partial charge in [-0.25, -0.2) is 0 Å². The predicted octanol–water partition coefficient (Wildman–Crippen LogP) is 1.96. The van der Waals surface area contributed by atoms with Crippen LogP contribution in [0.1, 0.15) is 24.0 Å². The van der Waals surface area contributed by atoms with Crippen LogP contribution in [0.2, 0.25) is 0 Å². The number of aryl methyl sites for hydroxylation is 1. The van der Waals surface area contributed by atoms with E-state index in [1.165, 1.54) is 0 Å². The van der Waals surface area contributed by atoms with E-state index in [-0.39, 0.29) is 13.0 Å². The van der Waals surface area contributed by atoms with Gasteiger partial charge in [-0.1, -0.05) is 0 Å². The molecule has 2 aromatic rings. The number of hydrogen-bond donors (Lipinski definition) is 3. The molecule has 2 amide bonds. The molecule has 10 heteroatoms. The van der Waals surface area contributed by atoms with Gasteiger partial charge in [0, 0.05) is 0 Å². The number of carbonyl (C=O) groups is 2. The summed E-state index contributed by atoms with van der Waals surface area (Å²) in [6, 6.07) is 13.5. The number of nitrogens with one attached hydrogen (secondary N) is 3. The molecule has 0 saturated carbocycles. The third-order valence-corrected chi connectivity index (χ3v) is 5.98. The summed E-state index contributed by atoms with van der Waals surface area (Å²) in [6.45, 7) is 1.36. The molecule has 0 spiro atoms. The van der Waals surface area contributed by atoms with Crippen molar-refractivity contribution in [2.24, 2.45) is 0 Å². The normalized spacial score (nSPS) is 12.5. The zero-order chi connectivity index (χ0) is 22.9. The van der Waals surface area contributed by atoms with Gasteiger partial charge in [-0.2, -0.15) is 0 Å². The first kappa shape index (κ1) is 24.3. The van der Waals surface area contributed by atoms with Crippen molar-refractivity contribution in [2.75, 3.05) is 31.4 Å². The van der Waals surface area contributed by atoms with Crippen molar-refractivity contribution < 1.29 is 43.0 Å². The van der Waals surface area contributed by atoms with E-state index in [0.717, 1.165) is 41.6 Å². The van der Waals surface area contributed by atoms with Gasteiger partial charge in [0.1, 0.15) is 0 Å². The molecule has 8 nitrogen and oxygen atoms in total. The van der Waals surface area contributed by atoms with E-state index in [4.69, 9.17) is 14.0 Å². The molecule has 32 heavy (non-hydrogen) atoms. The van der Waals surface area contributed by atoms with E-state index in [9.17, 15) is 9.59 Å². The van der Waals surface area contributed by atoms with Gasteiger partial charge in [-0.3, -0.25) is 0 Å². The first-order chi connectivity index (χ1) is 15.5. The Bertz CT molecular complexity index is 984. The molecule has 1 aliphatic rings. The Balaban J connectivity index is 1.40. The third kappa shape index (κ3) is 7.10. The van der Waals surface area contributed by atoms with E-state index in [2.05, 4.69) is 16.0 Å². The van der Waals surface area contributed by atoms with Crippen molar-refractivity contribution >= 4 is 40.0 Å². The summed E-state index contributed by atoms with van der Waals surface area (Å²) in [6.07, 6.45) is 1.29. The molecule has 1 heterocycles. The monoisotopic (exact) mass is 607 g/mol. The Morgan fingerprint density at radius 1 is 1.16 bits per heavy atom. The molecule has 0 fully saturated rings. The van der Waals surface area contributed by atoms with E-state index in [0.29, 0.717) is 42.1 Å². The van der Waals surface area contributed by atoms with Crippen LogP contribution in [0.5, 0.6) is 0 Å². The first-order valence-corrected chi connectivity index (χ1v) is 11.7. The molecule has 168 valence electrons. The molecule has 0 aliphatic carbocycles. The van der Waals surface area contributed by atoms with E-state index < -0.39 is 6.09 Å². The van der Waals surface area contributed by atoms with Crippen molar-refractivity contribution in [2.45, 2.75) is 25.8 Å². The van der Waals surface area contributed by atoms with Crippen molar-refractivity contribution in [3.63, 3.8) is 0 Å². The standard InChI is InChI=1S/C22H26BN3O5.W/c1-29-23(30-2)18-6-3-5-16(13-18)15-24-11-4-12-31-22(28)25-19-9-7-17-8-10-21(27)26-20(17)14-19;/h3,5-7,9,13-14,24H,4,8,10-11,15H2,1-2H3,(H,25,28)(H,26,27);. The molecule has 2 aromatic carbocycles. The average Bonchev–Trinajstić information content (AvgIpc) is 2.77. The molecule has 3 rings (SSSR count). The zero-order valence-electron chi connectivity index (χ0n) is 18.1. The summed E-state index contributed by atoms with van der Waals surface area (Å²) >= 11 is 1.10. The number of amides is 2. The Morgan fingerprint density at radius 3 is 2.75 bits per heavy atom. The second kappa shape index (κ2) is 12.1. The SMILES string of the molecule is COB(OC)c1cccc(CNCC[C](=[W])OC(=O)Nc2ccc3c(c2)NC(=O)CC3)c1. The van der Waals surface area contributed by atoms with Crippen molar-refractivity contribution in [3.05, 3.63) is 53.6 Å². The predicted molar refractivity (Wildman–Crippen MR) is 121 cm³/mol. The summed E-state index contributed by atoms with van der Waals surface area (Å²) in [5.74, 6) is -0.0126. The Kier molecular flexibility index (Phi) is 9.17. The second-order valence-electron chi connectivity index (χ2n) is 7.28. The van der Waals surface area contributed by atoms with Crippen LogP contribution in [0.15, 0.2) is 42.5 Å². The number of anilines is 2. The first-order valence-electron chi connectivity index (χ1n) is 10.3. The molecule has 0 radical (unpaired) electrons. The molecule has 0 bridgehead atoms. The quantitative estimate of drug-likeness (QED) is 0.283. The fourth-order valence-electron chi connectivity index (χ4n) is 3.39. The number of hydrogen-bond acceptors (Lipinski definition) is 6.